The maximum absolute atomic E-state index is 13.7. The second-order valence-electron chi connectivity index (χ2n) is 5.76. The minimum absolute atomic E-state index is 0.164. The Kier molecular flexibility index (Phi) is 4.83. The molecule has 3 aromatic rings. The Morgan fingerprint density at radius 1 is 1.04 bits per heavy atom. The summed E-state index contributed by atoms with van der Waals surface area (Å²) in [5.74, 6) is -1.31. The number of carbonyl (C=O) groups is 1. The van der Waals surface area contributed by atoms with E-state index < -0.39 is 12.3 Å². The van der Waals surface area contributed by atoms with Crippen molar-refractivity contribution in [2.24, 2.45) is 0 Å². The van der Waals surface area contributed by atoms with Crippen LogP contribution in [0, 0.1) is 5.82 Å². The summed E-state index contributed by atoms with van der Waals surface area (Å²) in [4.78, 5) is 10.9. The molecule has 0 radical (unpaired) electrons. The first kappa shape index (κ1) is 15.1. The van der Waals surface area contributed by atoms with Crippen molar-refractivity contribution in [1.29, 1.82) is 0 Å². The monoisotopic (exact) mass is 352 g/mol. The van der Waals surface area contributed by atoms with Crippen LogP contribution in [-0.4, -0.2) is 11.1 Å². The smallest absolute Gasteiger partial charge is 0.303 e. The van der Waals surface area contributed by atoms with E-state index in [1.807, 2.05) is 30.3 Å². The average Bonchev–Trinajstić information content (AvgIpc) is 2.68. The zero-order valence-electron chi connectivity index (χ0n) is 16.0. The van der Waals surface area contributed by atoms with Crippen molar-refractivity contribution in [3.63, 3.8) is 0 Å². The molecule has 0 aromatic heterocycles. The van der Waals surface area contributed by atoms with Crippen LogP contribution in [0.15, 0.2) is 72.8 Å². The Labute approximate surface area is 154 Å². The number of halogens is 1. The molecule has 4 heteroatoms. The van der Waals surface area contributed by atoms with Gasteiger partial charge in [-0.25, -0.2) is 4.39 Å². The molecule has 1 N–H and O–H groups in total. The highest BCUT2D eigenvalue weighted by Gasteiger charge is 2.08. The number of aryl methyl sites for hydroxylation is 1. The number of ether oxygens (including phenoxy) is 1. The molecule has 0 spiro atoms. The molecule has 0 aliphatic rings. The molecule has 0 saturated heterocycles. The molecular weight excluding hydrogens is 331 g/mol. The first-order valence-corrected chi connectivity index (χ1v) is 8.14. The molecule has 0 bridgehead atoms. The Balaban J connectivity index is 1.73. The van der Waals surface area contributed by atoms with Gasteiger partial charge in [-0.2, -0.15) is 0 Å². The van der Waals surface area contributed by atoms with Gasteiger partial charge in [0.2, 0.25) is 0 Å². The van der Waals surface area contributed by atoms with Gasteiger partial charge < -0.3 is 9.84 Å². The molecule has 0 fully saturated rings. The van der Waals surface area contributed by atoms with Crippen LogP contribution in [0.25, 0.3) is 11.1 Å². The molecule has 0 atom stereocenters. The van der Waals surface area contributed by atoms with Crippen molar-refractivity contribution in [1.82, 2.24) is 0 Å². The number of rotatable bonds is 7. The van der Waals surface area contributed by atoms with Gasteiger partial charge in [-0.05, 0) is 52.9 Å². The summed E-state index contributed by atoms with van der Waals surface area (Å²) in [6.45, 7) is 0.164. The molecule has 26 heavy (non-hydrogen) atoms. The van der Waals surface area contributed by atoms with Crippen molar-refractivity contribution in [3.8, 4) is 16.9 Å². The highest BCUT2D eigenvalue weighted by molar-refractivity contribution is 5.67. The zero-order chi connectivity index (χ0) is 20.1. The van der Waals surface area contributed by atoms with Gasteiger partial charge in [0.1, 0.15) is 18.2 Å². The zero-order valence-corrected chi connectivity index (χ0v) is 14.0. The van der Waals surface area contributed by atoms with Crippen LogP contribution in [0.1, 0.15) is 20.2 Å². The van der Waals surface area contributed by atoms with Gasteiger partial charge in [-0.15, -0.1) is 0 Å². The minimum atomic E-state index is -2.32. The summed E-state index contributed by atoms with van der Waals surface area (Å²) in [5, 5.41) is 8.88. The Morgan fingerprint density at radius 2 is 1.77 bits per heavy atom. The normalized spacial score (nSPS) is 12.2. The van der Waals surface area contributed by atoms with E-state index in [-0.39, 0.29) is 18.8 Å². The highest BCUT2D eigenvalue weighted by atomic mass is 19.1. The SMILES string of the molecule is [2H]C([2H])(Cc1ccc(OCc2cc(F)ccc2-c2ccccc2)cc1)C(=O)O. The van der Waals surface area contributed by atoms with Gasteiger partial charge in [-0.3, -0.25) is 4.79 Å². The third-order valence-corrected chi connectivity index (χ3v) is 3.91. The Bertz CT molecular complexity index is 957. The van der Waals surface area contributed by atoms with Crippen LogP contribution in [0.4, 0.5) is 4.39 Å². The molecular formula is C22H19FO3. The quantitative estimate of drug-likeness (QED) is 0.644. The molecule has 3 nitrogen and oxygen atoms in total. The third kappa shape index (κ3) is 4.70. The van der Waals surface area contributed by atoms with E-state index in [0.717, 1.165) is 11.1 Å². The topological polar surface area (TPSA) is 46.5 Å². The molecule has 0 saturated carbocycles. The first-order valence-electron chi connectivity index (χ1n) is 9.14. The van der Waals surface area contributed by atoms with E-state index in [2.05, 4.69) is 0 Å². The van der Waals surface area contributed by atoms with Crippen LogP contribution in [0.5, 0.6) is 5.75 Å². The second-order valence-corrected chi connectivity index (χ2v) is 5.76. The maximum Gasteiger partial charge on any atom is 0.303 e. The van der Waals surface area contributed by atoms with Gasteiger partial charge in [0, 0.05) is 9.11 Å². The highest BCUT2D eigenvalue weighted by Crippen LogP contribution is 2.26. The lowest BCUT2D eigenvalue weighted by atomic mass is 10.00. The van der Waals surface area contributed by atoms with Crippen molar-refractivity contribution >= 4 is 5.97 Å². The molecule has 3 rings (SSSR count). The summed E-state index contributed by atoms with van der Waals surface area (Å²) < 4.78 is 34.5. The van der Waals surface area contributed by atoms with Gasteiger partial charge in [0.15, 0.2) is 0 Å². The van der Waals surface area contributed by atoms with E-state index in [1.54, 1.807) is 30.3 Å². The van der Waals surface area contributed by atoms with Crippen molar-refractivity contribution in [3.05, 3.63) is 89.7 Å². The summed E-state index contributed by atoms with van der Waals surface area (Å²) in [6, 6.07) is 20.8. The lowest BCUT2D eigenvalue weighted by molar-refractivity contribution is -0.136. The number of carboxylic acid groups (broad SMARTS) is 1. The van der Waals surface area contributed by atoms with Crippen molar-refractivity contribution in [2.45, 2.75) is 19.4 Å². The van der Waals surface area contributed by atoms with E-state index in [0.29, 0.717) is 16.9 Å². The van der Waals surface area contributed by atoms with Gasteiger partial charge in [0.05, 0.1) is 0 Å². The molecule has 0 unspecified atom stereocenters. The van der Waals surface area contributed by atoms with E-state index in [4.69, 9.17) is 12.6 Å². The van der Waals surface area contributed by atoms with Crippen LogP contribution >= 0.6 is 0 Å². The second kappa shape index (κ2) is 8.30. The molecule has 0 aliphatic heterocycles. The third-order valence-electron chi connectivity index (χ3n) is 3.91. The van der Waals surface area contributed by atoms with Gasteiger partial charge in [-0.1, -0.05) is 48.5 Å². The number of aliphatic carboxylic acids is 1. The van der Waals surface area contributed by atoms with E-state index >= 15 is 0 Å². The lowest BCUT2D eigenvalue weighted by Crippen LogP contribution is -2.00. The summed E-state index contributed by atoms with van der Waals surface area (Å²) >= 11 is 0. The average molecular weight is 352 g/mol. The number of benzene rings is 3. The van der Waals surface area contributed by atoms with Crippen molar-refractivity contribution in [2.75, 3.05) is 0 Å². The van der Waals surface area contributed by atoms with Gasteiger partial charge in [0.25, 0.3) is 0 Å². The van der Waals surface area contributed by atoms with Crippen LogP contribution in [-0.2, 0) is 17.8 Å². The predicted octanol–water partition coefficient (Wildman–Crippen LogP) is 5.09. The molecule has 3 aromatic carbocycles. The van der Waals surface area contributed by atoms with Crippen molar-refractivity contribution < 1.29 is 21.8 Å². The Hall–Kier alpha value is -3.14. The standard InChI is InChI=1S/C22H19FO3/c23-19-9-12-21(17-4-2-1-3-5-17)18(14-19)15-26-20-10-6-16(7-11-20)8-13-22(24)25/h1-7,9-12,14H,8,13,15H2,(H,24,25)/i13D2. The number of hydrogen-bond acceptors (Lipinski definition) is 2. The molecule has 0 aliphatic carbocycles. The summed E-state index contributed by atoms with van der Waals surface area (Å²) in [6.07, 6.45) is -2.56. The fraction of sp³-hybridized carbons (Fsp3) is 0.136. The van der Waals surface area contributed by atoms with E-state index in [9.17, 15) is 9.18 Å². The number of carboxylic acids is 1. The van der Waals surface area contributed by atoms with E-state index in [1.165, 1.54) is 12.1 Å². The molecule has 0 amide bonds. The minimum Gasteiger partial charge on any atom is -0.489 e. The summed E-state index contributed by atoms with van der Waals surface area (Å²) in [5.41, 5.74) is 3.11. The Morgan fingerprint density at radius 3 is 2.46 bits per heavy atom. The molecule has 132 valence electrons. The maximum atomic E-state index is 13.7. The largest absolute Gasteiger partial charge is 0.489 e. The lowest BCUT2D eigenvalue weighted by Gasteiger charge is -2.12. The number of hydrogen-bond donors (Lipinski definition) is 1. The molecule has 0 heterocycles. The van der Waals surface area contributed by atoms with Crippen LogP contribution in [0.3, 0.4) is 0 Å². The summed E-state index contributed by atoms with van der Waals surface area (Å²) in [7, 11) is 0. The fourth-order valence-corrected chi connectivity index (χ4v) is 2.62. The van der Waals surface area contributed by atoms with Crippen LogP contribution < -0.4 is 4.74 Å². The van der Waals surface area contributed by atoms with Gasteiger partial charge >= 0.3 is 5.97 Å². The first-order chi connectivity index (χ1) is 13.3. The predicted molar refractivity (Wildman–Crippen MR) is 98.6 cm³/mol. The fourth-order valence-electron chi connectivity index (χ4n) is 2.62. The van der Waals surface area contributed by atoms with Crippen LogP contribution in [0.2, 0.25) is 0 Å².